The van der Waals surface area contributed by atoms with Gasteiger partial charge in [0.25, 0.3) is 0 Å². The molecule has 0 fully saturated rings. The first-order valence-electron chi connectivity index (χ1n) is 6.88. The van der Waals surface area contributed by atoms with Gasteiger partial charge in [0.15, 0.2) is 0 Å². The summed E-state index contributed by atoms with van der Waals surface area (Å²) in [6, 6.07) is 5.70. The maximum atomic E-state index is 11.5. The second-order valence-electron chi connectivity index (χ2n) is 4.49. The van der Waals surface area contributed by atoms with Gasteiger partial charge in [-0.25, -0.2) is 0 Å². The van der Waals surface area contributed by atoms with Crippen LogP contribution in [0.4, 0.5) is 0 Å². The van der Waals surface area contributed by atoms with Crippen molar-refractivity contribution in [2.45, 2.75) is 13.0 Å². The molecule has 2 N–H and O–H groups in total. The van der Waals surface area contributed by atoms with E-state index in [1.807, 2.05) is 18.2 Å². The van der Waals surface area contributed by atoms with Crippen molar-refractivity contribution in [3.63, 3.8) is 0 Å². The Bertz CT molecular complexity index is 415. The summed E-state index contributed by atoms with van der Waals surface area (Å²) < 4.78 is 15.3. The van der Waals surface area contributed by atoms with Crippen LogP contribution < -0.4 is 20.1 Å². The summed E-state index contributed by atoms with van der Waals surface area (Å²) in [7, 11) is 4.85. The van der Waals surface area contributed by atoms with E-state index >= 15 is 0 Å². The SMILES string of the molecule is COCCNC(=O)CCNCc1cc(OC)cc(OC)c1. The van der Waals surface area contributed by atoms with E-state index in [-0.39, 0.29) is 5.91 Å². The topological polar surface area (TPSA) is 68.8 Å². The Kier molecular flexibility index (Phi) is 8.23. The summed E-state index contributed by atoms with van der Waals surface area (Å²) in [5.74, 6) is 1.52. The molecule has 6 nitrogen and oxygen atoms in total. The van der Waals surface area contributed by atoms with Crippen molar-refractivity contribution in [2.24, 2.45) is 0 Å². The van der Waals surface area contributed by atoms with Gasteiger partial charge in [-0.3, -0.25) is 4.79 Å². The molecule has 0 aromatic heterocycles. The number of hydrogen-bond donors (Lipinski definition) is 2. The minimum absolute atomic E-state index is 0.0165. The maximum absolute atomic E-state index is 11.5. The number of rotatable bonds is 10. The molecule has 0 heterocycles. The van der Waals surface area contributed by atoms with Crippen LogP contribution >= 0.6 is 0 Å². The summed E-state index contributed by atoms with van der Waals surface area (Å²) >= 11 is 0. The Labute approximate surface area is 125 Å². The lowest BCUT2D eigenvalue weighted by atomic mass is 10.2. The third kappa shape index (κ3) is 6.97. The number of benzene rings is 1. The van der Waals surface area contributed by atoms with Crippen LogP contribution in [0.5, 0.6) is 11.5 Å². The lowest BCUT2D eigenvalue weighted by Crippen LogP contribution is -2.29. The standard InChI is InChI=1S/C15H24N2O4/c1-19-7-6-17-15(18)4-5-16-11-12-8-13(20-2)10-14(9-12)21-3/h8-10,16H,4-7,11H2,1-3H3,(H,17,18). The van der Waals surface area contributed by atoms with Crippen molar-refractivity contribution in [2.75, 3.05) is 41.0 Å². The van der Waals surface area contributed by atoms with Crippen LogP contribution in [0.15, 0.2) is 18.2 Å². The van der Waals surface area contributed by atoms with Gasteiger partial charge < -0.3 is 24.8 Å². The zero-order valence-electron chi connectivity index (χ0n) is 12.9. The molecule has 1 aromatic carbocycles. The molecule has 1 rings (SSSR count). The largest absolute Gasteiger partial charge is 0.497 e. The van der Waals surface area contributed by atoms with Gasteiger partial charge in [-0.1, -0.05) is 0 Å². The predicted molar refractivity (Wildman–Crippen MR) is 80.8 cm³/mol. The number of methoxy groups -OCH3 is 3. The van der Waals surface area contributed by atoms with E-state index < -0.39 is 0 Å². The van der Waals surface area contributed by atoms with Crippen molar-refractivity contribution >= 4 is 5.91 Å². The van der Waals surface area contributed by atoms with Crippen LogP contribution in [0.25, 0.3) is 0 Å². The lowest BCUT2D eigenvalue weighted by molar-refractivity contribution is -0.121. The van der Waals surface area contributed by atoms with E-state index in [1.165, 1.54) is 0 Å². The second kappa shape index (κ2) is 10.0. The highest BCUT2D eigenvalue weighted by atomic mass is 16.5. The first-order chi connectivity index (χ1) is 10.2. The average molecular weight is 296 g/mol. The van der Waals surface area contributed by atoms with Crippen LogP contribution in [0, 0.1) is 0 Å². The van der Waals surface area contributed by atoms with Crippen LogP contribution in [0.2, 0.25) is 0 Å². The van der Waals surface area contributed by atoms with Gasteiger partial charge in [-0.05, 0) is 17.7 Å². The molecule has 0 spiro atoms. The smallest absolute Gasteiger partial charge is 0.221 e. The van der Waals surface area contributed by atoms with E-state index in [4.69, 9.17) is 14.2 Å². The first-order valence-corrected chi connectivity index (χ1v) is 6.88. The van der Waals surface area contributed by atoms with Gasteiger partial charge in [0, 0.05) is 39.2 Å². The van der Waals surface area contributed by atoms with Crippen molar-refractivity contribution in [3.05, 3.63) is 23.8 Å². The quantitative estimate of drug-likeness (QED) is 0.629. The molecule has 118 valence electrons. The summed E-state index contributed by atoms with van der Waals surface area (Å²) in [4.78, 5) is 11.5. The van der Waals surface area contributed by atoms with E-state index in [2.05, 4.69) is 10.6 Å². The van der Waals surface area contributed by atoms with Gasteiger partial charge in [-0.2, -0.15) is 0 Å². The number of hydrogen-bond acceptors (Lipinski definition) is 5. The summed E-state index contributed by atoms with van der Waals surface area (Å²) in [6.45, 7) is 2.34. The Morgan fingerprint density at radius 2 is 1.71 bits per heavy atom. The van der Waals surface area contributed by atoms with Crippen molar-refractivity contribution in [3.8, 4) is 11.5 Å². The maximum Gasteiger partial charge on any atom is 0.221 e. The van der Waals surface area contributed by atoms with Crippen LogP contribution in [-0.2, 0) is 16.1 Å². The number of nitrogens with one attached hydrogen (secondary N) is 2. The number of carbonyl (C=O) groups is 1. The van der Waals surface area contributed by atoms with Crippen LogP contribution in [0.3, 0.4) is 0 Å². The Morgan fingerprint density at radius 3 is 2.29 bits per heavy atom. The highest BCUT2D eigenvalue weighted by Crippen LogP contribution is 2.22. The molecular weight excluding hydrogens is 272 g/mol. The fourth-order valence-electron chi connectivity index (χ4n) is 1.78. The Morgan fingerprint density at radius 1 is 1.05 bits per heavy atom. The van der Waals surface area contributed by atoms with E-state index in [0.717, 1.165) is 17.1 Å². The van der Waals surface area contributed by atoms with Crippen LogP contribution in [0.1, 0.15) is 12.0 Å². The molecule has 0 saturated heterocycles. The van der Waals surface area contributed by atoms with Crippen LogP contribution in [-0.4, -0.2) is 46.9 Å². The number of ether oxygens (including phenoxy) is 3. The monoisotopic (exact) mass is 296 g/mol. The van der Waals surface area contributed by atoms with Gasteiger partial charge in [0.2, 0.25) is 5.91 Å². The minimum atomic E-state index is 0.0165. The zero-order chi connectivity index (χ0) is 15.5. The molecular formula is C15H24N2O4. The van der Waals surface area contributed by atoms with Crippen molar-refractivity contribution in [1.29, 1.82) is 0 Å². The third-order valence-corrected chi connectivity index (χ3v) is 2.90. The van der Waals surface area contributed by atoms with Gasteiger partial charge in [0.1, 0.15) is 11.5 Å². The first kappa shape index (κ1) is 17.3. The number of amides is 1. The molecule has 0 unspecified atom stereocenters. The highest BCUT2D eigenvalue weighted by molar-refractivity contribution is 5.76. The molecule has 0 aliphatic rings. The molecule has 6 heteroatoms. The molecule has 0 aliphatic carbocycles. The van der Waals surface area contributed by atoms with Gasteiger partial charge in [-0.15, -0.1) is 0 Å². The molecule has 0 bridgehead atoms. The second-order valence-corrected chi connectivity index (χ2v) is 4.49. The van der Waals surface area contributed by atoms with E-state index in [0.29, 0.717) is 32.7 Å². The molecule has 21 heavy (non-hydrogen) atoms. The van der Waals surface area contributed by atoms with Crippen molar-refractivity contribution < 1.29 is 19.0 Å². The molecule has 0 saturated carbocycles. The van der Waals surface area contributed by atoms with E-state index in [9.17, 15) is 4.79 Å². The normalized spacial score (nSPS) is 10.2. The Hall–Kier alpha value is -1.79. The molecule has 1 aromatic rings. The fourth-order valence-corrected chi connectivity index (χ4v) is 1.78. The van der Waals surface area contributed by atoms with Gasteiger partial charge >= 0.3 is 0 Å². The summed E-state index contributed by atoms with van der Waals surface area (Å²) in [5, 5.41) is 6.00. The molecule has 0 aliphatic heterocycles. The predicted octanol–water partition coefficient (Wildman–Crippen LogP) is 0.946. The number of carbonyl (C=O) groups excluding carboxylic acids is 1. The highest BCUT2D eigenvalue weighted by Gasteiger charge is 2.03. The minimum Gasteiger partial charge on any atom is -0.497 e. The zero-order valence-corrected chi connectivity index (χ0v) is 12.9. The third-order valence-electron chi connectivity index (χ3n) is 2.90. The van der Waals surface area contributed by atoms with Crippen molar-refractivity contribution in [1.82, 2.24) is 10.6 Å². The fraction of sp³-hybridized carbons (Fsp3) is 0.533. The molecule has 1 amide bonds. The average Bonchev–Trinajstić information content (AvgIpc) is 2.51. The molecule has 0 radical (unpaired) electrons. The van der Waals surface area contributed by atoms with Gasteiger partial charge in [0.05, 0.1) is 20.8 Å². The summed E-state index contributed by atoms with van der Waals surface area (Å²) in [5.41, 5.74) is 1.05. The summed E-state index contributed by atoms with van der Waals surface area (Å²) in [6.07, 6.45) is 0.435. The lowest BCUT2D eigenvalue weighted by Gasteiger charge is -2.09. The Balaban J connectivity index is 2.30. The molecule has 0 atom stereocenters. The van der Waals surface area contributed by atoms with E-state index in [1.54, 1.807) is 21.3 Å².